The van der Waals surface area contributed by atoms with Gasteiger partial charge in [-0.05, 0) is 85.6 Å². The lowest BCUT2D eigenvalue weighted by Gasteiger charge is -2.60. The molecule has 5 atom stereocenters. The minimum atomic E-state index is -2.11. The minimum Gasteiger partial charge on any atom is -0.519 e. The largest absolute Gasteiger partial charge is 0.519 e. The Hall–Kier alpha value is -0.606. The van der Waals surface area contributed by atoms with Crippen LogP contribution in [0, 0.1) is 28.6 Å². The number of ether oxygens (including phenoxy) is 3. The standard InChI is InChI=1S/C34H64O5Si2/c1-15-17-25-20-26-29(27(21-25)37-24-35-10)34(23-36-30(26)39-41(13,14)32(5,6)7)19-16-18-33(8,9)28(34)22-38-40(11,12)31(2,3)4/h15,25,27-29H,1,16-24H2,2-14H3/t25-,27+,28+,29-,34-/m0/s1. The molecule has 3 aliphatic rings. The topological polar surface area (TPSA) is 46.2 Å². The van der Waals surface area contributed by atoms with Gasteiger partial charge in [-0.25, -0.2) is 0 Å². The molecule has 0 amide bonds. The maximum atomic E-state index is 7.07. The third kappa shape index (κ3) is 7.21. The third-order valence-corrected chi connectivity index (χ3v) is 20.6. The van der Waals surface area contributed by atoms with Crippen LogP contribution in [0.3, 0.4) is 0 Å². The summed E-state index contributed by atoms with van der Waals surface area (Å²) in [7, 11) is -2.32. The van der Waals surface area contributed by atoms with E-state index in [2.05, 4.69) is 94.2 Å². The molecule has 2 fully saturated rings. The van der Waals surface area contributed by atoms with Crippen molar-refractivity contribution in [2.45, 2.75) is 136 Å². The zero-order chi connectivity index (χ0) is 31.1. The summed E-state index contributed by atoms with van der Waals surface area (Å²) >= 11 is 0. The molecule has 0 N–H and O–H groups in total. The van der Waals surface area contributed by atoms with Gasteiger partial charge in [0.05, 0.1) is 12.7 Å². The van der Waals surface area contributed by atoms with Gasteiger partial charge in [0.25, 0.3) is 14.3 Å². The van der Waals surface area contributed by atoms with E-state index in [1.807, 2.05) is 0 Å². The van der Waals surface area contributed by atoms with E-state index in [9.17, 15) is 0 Å². The SMILES string of the molecule is C=CC[C@H]1CC2=C(O[Si](C)(C)C(C)(C)C)OC[C@]3(CCCC(C)(C)[C@H]3CO[Si](C)(C)C(C)(C)C)[C@@H]2[C@H](OCOC)C1. The fraction of sp³-hybridized carbons (Fsp3) is 0.882. The predicted molar refractivity (Wildman–Crippen MR) is 176 cm³/mol. The number of allylic oxidation sites excluding steroid dienone is 1. The van der Waals surface area contributed by atoms with Gasteiger partial charge in [0.2, 0.25) is 0 Å². The summed E-state index contributed by atoms with van der Waals surface area (Å²) < 4.78 is 33.2. The van der Waals surface area contributed by atoms with Crippen molar-refractivity contribution in [3.8, 4) is 0 Å². The van der Waals surface area contributed by atoms with Crippen LogP contribution in [-0.4, -0.2) is 49.9 Å². The average Bonchev–Trinajstić information content (AvgIpc) is 2.82. The molecule has 0 unspecified atom stereocenters. The lowest BCUT2D eigenvalue weighted by Crippen LogP contribution is -2.60. The quantitative estimate of drug-likeness (QED) is 0.140. The third-order valence-electron chi connectivity index (χ3n) is 11.7. The van der Waals surface area contributed by atoms with E-state index in [0.29, 0.717) is 25.2 Å². The summed E-state index contributed by atoms with van der Waals surface area (Å²) in [4.78, 5) is 0. The van der Waals surface area contributed by atoms with Crippen molar-refractivity contribution in [1.82, 2.24) is 0 Å². The van der Waals surface area contributed by atoms with E-state index in [0.717, 1.165) is 38.2 Å². The van der Waals surface area contributed by atoms with Crippen molar-refractivity contribution < 1.29 is 23.1 Å². The van der Waals surface area contributed by atoms with Gasteiger partial charge in [-0.2, -0.15) is 0 Å². The maximum absolute atomic E-state index is 7.07. The molecule has 41 heavy (non-hydrogen) atoms. The number of hydrogen-bond donors (Lipinski definition) is 0. The number of fused-ring (bicyclic) bond motifs is 2. The van der Waals surface area contributed by atoms with Crippen molar-refractivity contribution in [3.63, 3.8) is 0 Å². The Kier molecular flexibility index (Phi) is 10.6. The van der Waals surface area contributed by atoms with E-state index in [4.69, 9.17) is 23.1 Å². The molecule has 0 bridgehead atoms. The molecule has 0 aromatic heterocycles. The number of rotatable bonds is 10. The molecule has 3 rings (SSSR count). The van der Waals surface area contributed by atoms with Crippen LogP contribution in [0.25, 0.3) is 0 Å². The zero-order valence-electron chi connectivity index (χ0n) is 29.0. The highest BCUT2D eigenvalue weighted by molar-refractivity contribution is 6.74. The van der Waals surface area contributed by atoms with Gasteiger partial charge >= 0.3 is 0 Å². The molecule has 1 aliphatic heterocycles. The van der Waals surface area contributed by atoms with Gasteiger partial charge in [-0.1, -0.05) is 67.9 Å². The molecule has 238 valence electrons. The molecule has 2 saturated carbocycles. The Morgan fingerprint density at radius 1 is 1.00 bits per heavy atom. The second-order valence-corrected chi connectivity index (χ2v) is 26.6. The smallest absolute Gasteiger partial charge is 0.264 e. The summed E-state index contributed by atoms with van der Waals surface area (Å²) in [6, 6.07) is 0. The van der Waals surface area contributed by atoms with Gasteiger partial charge in [0, 0.05) is 30.6 Å². The van der Waals surface area contributed by atoms with Gasteiger partial charge in [0.1, 0.15) is 6.79 Å². The fourth-order valence-corrected chi connectivity index (χ4v) is 9.16. The first-order valence-corrected chi connectivity index (χ1v) is 21.9. The first-order chi connectivity index (χ1) is 18.7. The molecular weight excluding hydrogens is 545 g/mol. The average molecular weight is 609 g/mol. The van der Waals surface area contributed by atoms with Crippen LogP contribution in [-0.2, 0) is 23.1 Å². The second-order valence-electron chi connectivity index (χ2n) is 17.1. The molecule has 1 spiro atoms. The second kappa shape index (κ2) is 12.4. The van der Waals surface area contributed by atoms with E-state index >= 15 is 0 Å². The Morgan fingerprint density at radius 2 is 1.63 bits per heavy atom. The molecule has 0 aromatic rings. The van der Waals surface area contributed by atoms with Gasteiger partial charge < -0.3 is 23.1 Å². The Labute approximate surface area is 255 Å². The molecular formula is C34H64O5Si2. The Bertz CT molecular complexity index is 942. The summed E-state index contributed by atoms with van der Waals surface area (Å²) in [6.07, 6.45) is 8.60. The molecule has 2 aliphatic carbocycles. The van der Waals surface area contributed by atoms with Crippen LogP contribution in [0.15, 0.2) is 24.2 Å². The van der Waals surface area contributed by atoms with Gasteiger partial charge in [0.15, 0.2) is 8.32 Å². The normalized spacial score (nSPS) is 31.0. The van der Waals surface area contributed by atoms with Crippen LogP contribution in [0.5, 0.6) is 0 Å². The monoisotopic (exact) mass is 608 g/mol. The van der Waals surface area contributed by atoms with Crippen molar-refractivity contribution >= 4 is 16.6 Å². The summed E-state index contributed by atoms with van der Waals surface area (Å²) in [5.74, 6) is 1.84. The van der Waals surface area contributed by atoms with Crippen molar-refractivity contribution in [3.05, 3.63) is 24.2 Å². The molecule has 0 aromatic carbocycles. The Morgan fingerprint density at radius 3 is 2.20 bits per heavy atom. The molecule has 1 heterocycles. The number of hydrogen-bond acceptors (Lipinski definition) is 5. The minimum absolute atomic E-state index is 0.0508. The summed E-state index contributed by atoms with van der Waals surface area (Å²) in [6.45, 7) is 34.1. The van der Waals surface area contributed by atoms with Crippen LogP contribution >= 0.6 is 0 Å². The van der Waals surface area contributed by atoms with Gasteiger partial charge in [-0.3, -0.25) is 0 Å². The van der Waals surface area contributed by atoms with Crippen LogP contribution in [0.1, 0.15) is 93.9 Å². The lowest BCUT2D eigenvalue weighted by molar-refractivity contribution is -0.187. The first-order valence-electron chi connectivity index (χ1n) is 16.1. The molecule has 5 nitrogen and oxygen atoms in total. The first kappa shape index (κ1) is 34.9. The lowest BCUT2D eigenvalue weighted by atomic mass is 9.48. The molecule has 0 saturated heterocycles. The number of methoxy groups -OCH3 is 1. The van der Waals surface area contributed by atoms with Gasteiger partial charge in [-0.15, -0.1) is 6.58 Å². The predicted octanol–water partition coefficient (Wildman–Crippen LogP) is 9.68. The van der Waals surface area contributed by atoms with Crippen LogP contribution < -0.4 is 0 Å². The molecule has 7 heteroatoms. The highest BCUT2D eigenvalue weighted by atomic mass is 28.4. The molecule has 0 radical (unpaired) electrons. The van der Waals surface area contributed by atoms with Crippen molar-refractivity contribution in [2.24, 2.45) is 28.6 Å². The summed E-state index contributed by atoms with van der Waals surface area (Å²) in [5.41, 5.74) is 1.41. The van der Waals surface area contributed by atoms with E-state index in [1.54, 1.807) is 7.11 Å². The van der Waals surface area contributed by atoms with Crippen LogP contribution in [0.4, 0.5) is 0 Å². The zero-order valence-corrected chi connectivity index (χ0v) is 31.0. The van der Waals surface area contributed by atoms with E-state index in [-0.39, 0.29) is 32.9 Å². The van der Waals surface area contributed by atoms with Crippen LogP contribution in [0.2, 0.25) is 36.3 Å². The van der Waals surface area contributed by atoms with Crippen molar-refractivity contribution in [2.75, 3.05) is 27.1 Å². The van der Waals surface area contributed by atoms with Crippen molar-refractivity contribution in [1.29, 1.82) is 0 Å². The van der Waals surface area contributed by atoms with E-state index < -0.39 is 16.6 Å². The van der Waals surface area contributed by atoms with E-state index in [1.165, 1.54) is 18.4 Å². The fourth-order valence-electron chi connectivity index (χ4n) is 7.18. The summed E-state index contributed by atoms with van der Waals surface area (Å²) in [5, 5.41) is 0.256. The maximum Gasteiger partial charge on any atom is 0.264 e. The Balaban J connectivity index is 2.16. The highest BCUT2D eigenvalue weighted by Crippen LogP contribution is 2.63. The highest BCUT2D eigenvalue weighted by Gasteiger charge is 2.61.